The normalized spacial score (nSPS) is 19.4. The summed E-state index contributed by atoms with van der Waals surface area (Å²) in [6, 6.07) is 7.30. The molecule has 0 bridgehead atoms. The van der Waals surface area contributed by atoms with Gasteiger partial charge in [0.15, 0.2) is 0 Å². The molecule has 0 radical (unpaired) electrons. The van der Waals surface area contributed by atoms with Crippen molar-refractivity contribution in [1.29, 1.82) is 0 Å². The number of nitrogens with one attached hydrogen (secondary N) is 1. The minimum absolute atomic E-state index is 0.272. The van der Waals surface area contributed by atoms with Gasteiger partial charge < -0.3 is 15.8 Å². The number of esters is 1. The van der Waals surface area contributed by atoms with Crippen LogP contribution in [0.1, 0.15) is 36.0 Å². The summed E-state index contributed by atoms with van der Waals surface area (Å²) in [4.78, 5) is 11.7. The molecule has 0 unspecified atom stereocenters. The van der Waals surface area contributed by atoms with Crippen molar-refractivity contribution in [2.45, 2.75) is 31.7 Å². The maximum absolute atomic E-state index is 11.7. The first-order valence-electron chi connectivity index (χ1n) is 6.52. The monoisotopic (exact) mass is 248 g/mol. The van der Waals surface area contributed by atoms with E-state index in [1.807, 2.05) is 0 Å². The molecule has 0 aromatic heterocycles. The van der Waals surface area contributed by atoms with Crippen molar-refractivity contribution in [1.82, 2.24) is 5.32 Å². The van der Waals surface area contributed by atoms with Gasteiger partial charge in [-0.25, -0.2) is 4.79 Å². The molecule has 1 saturated heterocycles. The van der Waals surface area contributed by atoms with Crippen LogP contribution in [0, 0.1) is 0 Å². The Morgan fingerprint density at radius 2 is 2.11 bits per heavy atom. The first-order chi connectivity index (χ1) is 8.75. The van der Waals surface area contributed by atoms with Crippen LogP contribution in [0.5, 0.6) is 0 Å². The number of rotatable bonds is 4. The molecule has 1 aromatic carbocycles. The number of anilines is 1. The zero-order chi connectivity index (χ0) is 12.8. The van der Waals surface area contributed by atoms with E-state index in [9.17, 15) is 4.79 Å². The largest absolute Gasteiger partial charge is 0.462 e. The number of hydrogen-bond acceptors (Lipinski definition) is 4. The lowest BCUT2D eigenvalue weighted by atomic mass is 10.0. The fourth-order valence-corrected chi connectivity index (χ4v) is 2.17. The number of nitrogens with two attached hydrogens (primary N) is 1. The number of carbonyl (C=O) groups excluding carboxylic acids is 1. The molecule has 1 aliphatic rings. The summed E-state index contributed by atoms with van der Waals surface area (Å²) < 4.78 is 5.25. The Balaban J connectivity index is 1.72. The van der Waals surface area contributed by atoms with Crippen molar-refractivity contribution in [2.24, 2.45) is 0 Å². The van der Waals surface area contributed by atoms with E-state index in [0.29, 0.717) is 23.9 Å². The van der Waals surface area contributed by atoms with E-state index in [2.05, 4.69) is 5.32 Å². The number of ether oxygens (including phenoxy) is 1. The highest BCUT2D eigenvalue weighted by atomic mass is 16.5. The molecule has 2 rings (SSSR count). The van der Waals surface area contributed by atoms with Gasteiger partial charge in [0.25, 0.3) is 0 Å². The van der Waals surface area contributed by atoms with Gasteiger partial charge in [-0.2, -0.15) is 0 Å². The number of carbonyl (C=O) groups is 1. The van der Waals surface area contributed by atoms with E-state index in [-0.39, 0.29) is 5.97 Å². The quantitative estimate of drug-likeness (QED) is 0.631. The fourth-order valence-electron chi connectivity index (χ4n) is 2.17. The molecule has 4 heteroatoms. The maximum atomic E-state index is 11.7. The zero-order valence-corrected chi connectivity index (χ0v) is 10.5. The van der Waals surface area contributed by atoms with Crippen LogP contribution >= 0.6 is 0 Å². The van der Waals surface area contributed by atoms with Crippen molar-refractivity contribution in [3.63, 3.8) is 0 Å². The highest BCUT2D eigenvalue weighted by molar-refractivity contribution is 5.89. The first kappa shape index (κ1) is 12.9. The molecule has 1 fully saturated rings. The molecular formula is C14H20N2O2. The summed E-state index contributed by atoms with van der Waals surface area (Å²) in [6.45, 7) is 1.55. The van der Waals surface area contributed by atoms with Gasteiger partial charge >= 0.3 is 5.97 Å². The third-order valence-corrected chi connectivity index (χ3v) is 3.26. The Hall–Kier alpha value is -1.55. The second-order valence-corrected chi connectivity index (χ2v) is 4.69. The van der Waals surface area contributed by atoms with Crippen LogP contribution in [0.25, 0.3) is 0 Å². The number of nitrogen functional groups attached to an aromatic ring is 1. The summed E-state index contributed by atoms with van der Waals surface area (Å²) in [6.07, 6.45) is 4.59. The Morgan fingerprint density at radius 3 is 2.78 bits per heavy atom. The molecule has 98 valence electrons. The molecule has 1 aliphatic heterocycles. The van der Waals surface area contributed by atoms with E-state index < -0.39 is 0 Å². The summed E-state index contributed by atoms with van der Waals surface area (Å²) in [5.74, 6) is -0.272. The van der Waals surface area contributed by atoms with Crippen molar-refractivity contribution in [2.75, 3.05) is 18.9 Å². The highest BCUT2D eigenvalue weighted by Crippen LogP contribution is 2.11. The lowest BCUT2D eigenvalue weighted by Crippen LogP contribution is -2.35. The smallest absolute Gasteiger partial charge is 0.338 e. The number of piperidine rings is 1. The van der Waals surface area contributed by atoms with E-state index in [4.69, 9.17) is 10.5 Å². The van der Waals surface area contributed by atoms with Crippen molar-refractivity contribution in [3.05, 3.63) is 29.8 Å². The Bertz CT molecular complexity index is 383. The third kappa shape index (κ3) is 3.74. The van der Waals surface area contributed by atoms with Gasteiger partial charge in [-0.15, -0.1) is 0 Å². The van der Waals surface area contributed by atoms with E-state index in [1.165, 1.54) is 19.3 Å². The van der Waals surface area contributed by atoms with E-state index >= 15 is 0 Å². The van der Waals surface area contributed by atoms with Gasteiger partial charge in [-0.1, -0.05) is 6.42 Å². The lowest BCUT2D eigenvalue weighted by molar-refractivity contribution is 0.0486. The second-order valence-electron chi connectivity index (χ2n) is 4.69. The van der Waals surface area contributed by atoms with Crippen LogP contribution in [0.3, 0.4) is 0 Å². The number of benzene rings is 1. The third-order valence-electron chi connectivity index (χ3n) is 3.26. The topological polar surface area (TPSA) is 64.4 Å². The summed E-state index contributed by atoms with van der Waals surface area (Å²) in [7, 11) is 0. The van der Waals surface area contributed by atoms with Gasteiger partial charge in [0.05, 0.1) is 12.2 Å². The zero-order valence-electron chi connectivity index (χ0n) is 10.5. The summed E-state index contributed by atoms with van der Waals surface area (Å²) in [5.41, 5.74) is 6.77. The summed E-state index contributed by atoms with van der Waals surface area (Å²) >= 11 is 0. The molecule has 0 saturated carbocycles. The van der Waals surface area contributed by atoms with Crippen LogP contribution in [-0.4, -0.2) is 25.2 Å². The average molecular weight is 248 g/mol. The fraction of sp³-hybridized carbons (Fsp3) is 0.500. The Kier molecular flexibility index (Phi) is 4.59. The van der Waals surface area contributed by atoms with E-state index in [0.717, 1.165) is 13.0 Å². The summed E-state index contributed by atoms with van der Waals surface area (Å²) in [5, 5.41) is 3.43. The Morgan fingerprint density at radius 1 is 1.33 bits per heavy atom. The lowest BCUT2D eigenvalue weighted by Gasteiger charge is -2.23. The first-order valence-corrected chi connectivity index (χ1v) is 6.52. The molecule has 0 amide bonds. The molecule has 0 spiro atoms. The van der Waals surface area contributed by atoms with Crippen LogP contribution in [0.2, 0.25) is 0 Å². The van der Waals surface area contributed by atoms with Gasteiger partial charge in [-0.05, 0) is 50.1 Å². The van der Waals surface area contributed by atoms with Crippen LogP contribution < -0.4 is 11.1 Å². The van der Waals surface area contributed by atoms with E-state index in [1.54, 1.807) is 24.3 Å². The standard InChI is InChI=1S/C14H20N2O2/c15-12-6-4-11(5-7-12)14(17)18-10-8-13-3-1-2-9-16-13/h4-7,13,16H,1-3,8-10,15H2/t13-/m0/s1. The van der Waals surface area contributed by atoms with Gasteiger partial charge in [0, 0.05) is 11.7 Å². The Labute approximate surface area is 108 Å². The van der Waals surface area contributed by atoms with Crippen molar-refractivity contribution in [3.8, 4) is 0 Å². The van der Waals surface area contributed by atoms with Crippen LogP contribution in [0.15, 0.2) is 24.3 Å². The maximum Gasteiger partial charge on any atom is 0.338 e. The molecule has 1 atom stereocenters. The molecule has 1 aromatic rings. The second kappa shape index (κ2) is 6.40. The van der Waals surface area contributed by atoms with Crippen molar-refractivity contribution < 1.29 is 9.53 Å². The molecule has 4 nitrogen and oxygen atoms in total. The molecule has 18 heavy (non-hydrogen) atoms. The number of hydrogen-bond donors (Lipinski definition) is 2. The van der Waals surface area contributed by atoms with Crippen molar-refractivity contribution >= 4 is 11.7 Å². The minimum Gasteiger partial charge on any atom is -0.462 e. The molecule has 1 heterocycles. The average Bonchev–Trinajstić information content (AvgIpc) is 2.40. The predicted molar refractivity (Wildman–Crippen MR) is 71.4 cm³/mol. The highest BCUT2D eigenvalue weighted by Gasteiger charge is 2.13. The van der Waals surface area contributed by atoms with Crippen LogP contribution in [0.4, 0.5) is 5.69 Å². The predicted octanol–water partition coefficient (Wildman–Crippen LogP) is 1.96. The molecular weight excluding hydrogens is 228 g/mol. The van der Waals surface area contributed by atoms with Gasteiger partial charge in [0.2, 0.25) is 0 Å². The van der Waals surface area contributed by atoms with Gasteiger partial charge in [0.1, 0.15) is 0 Å². The van der Waals surface area contributed by atoms with Crippen LogP contribution in [-0.2, 0) is 4.74 Å². The molecule has 0 aliphatic carbocycles. The minimum atomic E-state index is -0.272. The molecule has 3 N–H and O–H groups in total. The van der Waals surface area contributed by atoms with Gasteiger partial charge in [-0.3, -0.25) is 0 Å². The SMILES string of the molecule is Nc1ccc(C(=O)OCC[C@@H]2CCCCN2)cc1.